The molecular weight excluding hydrogens is 342 g/mol. The van der Waals surface area contributed by atoms with Crippen molar-refractivity contribution in [3.63, 3.8) is 0 Å². The summed E-state index contributed by atoms with van der Waals surface area (Å²) in [5.41, 5.74) is 3.17. The van der Waals surface area contributed by atoms with Crippen molar-refractivity contribution >= 4 is 21.8 Å². The molecule has 1 atom stereocenters. The van der Waals surface area contributed by atoms with Crippen molar-refractivity contribution in [3.8, 4) is 5.75 Å². The SMILES string of the molecule is COc1ccc(Br)c(C(=O)N[C@@H]2CCCc3ccccc32)c1. The second kappa shape index (κ2) is 6.53. The minimum absolute atomic E-state index is 0.0764. The Kier molecular flexibility index (Phi) is 4.48. The van der Waals surface area contributed by atoms with Crippen LogP contribution in [-0.4, -0.2) is 13.0 Å². The van der Waals surface area contributed by atoms with Crippen molar-refractivity contribution in [2.24, 2.45) is 0 Å². The maximum absolute atomic E-state index is 12.6. The maximum atomic E-state index is 12.6. The Bertz CT molecular complexity index is 699. The molecule has 0 fully saturated rings. The zero-order valence-corrected chi connectivity index (χ0v) is 14.0. The van der Waals surface area contributed by atoms with Crippen molar-refractivity contribution in [3.05, 3.63) is 63.6 Å². The molecule has 3 rings (SSSR count). The van der Waals surface area contributed by atoms with Crippen molar-refractivity contribution in [1.82, 2.24) is 5.32 Å². The lowest BCUT2D eigenvalue weighted by Crippen LogP contribution is -2.31. The summed E-state index contributed by atoms with van der Waals surface area (Å²) in [6, 6.07) is 13.9. The third-order valence-electron chi connectivity index (χ3n) is 4.09. The van der Waals surface area contributed by atoms with E-state index in [2.05, 4.69) is 39.4 Å². The highest BCUT2D eigenvalue weighted by molar-refractivity contribution is 9.10. The second-order valence-electron chi connectivity index (χ2n) is 5.46. The zero-order valence-electron chi connectivity index (χ0n) is 12.4. The van der Waals surface area contributed by atoms with Gasteiger partial charge in [0.1, 0.15) is 5.75 Å². The van der Waals surface area contributed by atoms with Crippen LogP contribution in [-0.2, 0) is 6.42 Å². The van der Waals surface area contributed by atoms with E-state index in [0.29, 0.717) is 11.3 Å². The van der Waals surface area contributed by atoms with E-state index in [-0.39, 0.29) is 11.9 Å². The molecule has 0 heterocycles. The molecule has 1 amide bonds. The van der Waals surface area contributed by atoms with Gasteiger partial charge >= 0.3 is 0 Å². The molecule has 0 saturated carbocycles. The molecular formula is C18H18BrNO2. The van der Waals surface area contributed by atoms with Gasteiger partial charge in [-0.05, 0) is 64.5 Å². The van der Waals surface area contributed by atoms with Crippen LogP contribution >= 0.6 is 15.9 Å². The molecule has 0 radical (unpaired) electrons. The fourth-order valence-electron chi connectivity index (χ4n) is 2.95. The highest BCUT2D eigenvalue weighted by Crippen LogP contribution is 2.30. The van der Waals surface area contributed by atoms with E-state index >= 15 is 0 Å². The quantitative estimate of drug-likeness (QED) is 0.888. The first kappa shape index (κ1) is 15.1. The van der Waals surface area contributed by atoms with Crippen molar-refractivity contribution in [2.75, 3.05) is 7.11 Å². The number of ether oxygens (including phenoxy) is 1. The van der Waals surface area contributed by atoms with Crippen LogP contribution in [0.3, 0.4) is 0 Å². The predicted octanol–water partition coefficient (Wildman–Crippen LogP) is 4.27. The number of carbonyl (C=O) groups excluding carboxylic acids is 1. The highest BCUT2D eigenvalue weighted by Gasteiger charge is 2.22. The maximum Gasteiger partial charge on any atom is 0.253 e. The summed E-state index contributed by atoms with van der Waals surface area (Å²) in [6.45, 7) is 0. The Labute approximate surface area is 138 Å². The second-order valence-corrected chi connectivity index (χ2v) is 6.32. The highest BCUT2D eigenvalue weighted by atomic mass is 79.9. The van der Waals surface area contributed by atoms with Crippen LogP contribution in [0.5, 0.6) is 5.75 Å². The Hall–Kier alpha value is -1.81. The number of methoxy groups -OCH3 is 1. The van der Waals surface area contributed by atoms with Gasteiger partial charge in [-0.15, -0.1) is 0 Å². The minimum Gasteiger partial charge on any atom is -0.497 e. The molecule has 2 aromatic rings. The zero-order chi connectivity index (χ0) is 15.5. The lowest BCUT2D eigenvalue weighted by Gasteiger charge is -2.26. The number of nitrogens with one attached hydrogen (secondary N) is 1. The summed E-state index contributed by atoms with van der Waals surface area (Å²) in [5, 5.41) is 3.16. The van der Waals surface area contributed by atoms with E-state index in [0.717, 1.165) is 23.7 Å². The molecule has 0 spiro atoms. The van der Waals surface area contributed by atoms with E-state index in [1.54, 1.807) is 13.2 Å². The third-order valence-corrected chi connectivity index (χ3v) is 4.78. The molecule has 22 heavy (non-hydrogen) atoms. The molecule has 1 N–H and O–H groups in total. The van der Waals surface area contributed by atoms with Gasteiger partial charge in [0.05, 0.1) is 18.7 Å². The molecule has 114 valence electrons. The van der Waals surface area contributed by atoms with E-state index in [4.69, 9.17) is 4.74 Å². The number of hydrogen-bond acceptors (Lipinski definition) is 2. The van der Waals surface area contributed by atoms with Gasteiger partial charge in [-0.25, -0.2) is 0 Å². The van der Waals surface area contributed by atoms with E-state index in [9.17, 15) is 4.79 Å². The lowest BCUT2D eigenvalue weighted by atomic mass is 9.87. The Morgan fingerprint density at radius 1 is 1.27 bits per heavy atom. The molecule has 0 saturated heterocycles. The molecule has 4 heteroatoms. The van der Waals surface area contributed by atoms with Gasteiger partial charge in [-0.1, -0.05) is 24.3 Å². The van der Waals surface area contributed by atoms with Crippen molar-refractivity contribution in [2.45, 2.75) is 25.3 Å². The summed E-state index contributed by atoms with van der Waals surface area (Å²) in [6.07, 6.45) is 3.16. The van der Waals surface area contributed by atoms with Crippen molar-refractivity contribution in [1.29, 1.82) is 0 Å². The van der Waals surface area contributed by atoms with Gasteiger partial charge in [0, 0.05) is 4.47 Å². The number of rotatable bonds is 3. The molecule has 0 aromatic heterocycles. The van der Waals surface area contributed by atoms with Gasteiger partial charge in [0.25, 0.3) is 5.91 Å². The van der Waals surface area contributed by atoms with E-state index in [1.165, 1.54) is 11.1 Å². The predicted molar refractivity (Wildman–Crippen MR) is 90.3 cm³/mol. The molecule has 0 bridgehead atoms. The van der Waals surface area contributed by atoms with Gasteiger partial charge in [0.2, 0.25) is 0 Å². The Balaban J connectivity index is 1.84. The number of benzene rings is 2. The number of halogens is 1. The summed E-state index contributed by atoms with van der Waals surface area (Å²) < 4.78 is 5.98. The van der Waals surface area contributed by atoms with Crippen LogP contribution in [0.2, 0.25) is 0 Å². The van der Waals surface area contributed by atoms with Crippen molar-refractivity contribution < 1.29 is 9.53 Å². The number of amides is 1. The fraction of sp³-hybridized carbons (Fsp3) is 0.278. The Morgan fingerprint density at radius 3 is 2.91 bits per heavy atom. The van der Waals surface area contributed by atoms with Gasteiger partial charge in [0.15, 0.2) is 0 Å². The number of hydrogen-bond donors (Lipinski definition) is 1. The normalized spacial score (nSPS) is 16.7. The average molecular weight is 360 g/mol. The first-order valence-corrected chi connectivity index (χ1v) is 8.20. The Morgan fingerprint density at radius 2 is 2.09 bits per heavy atom. The van der Waals surface area contributed by atoms with Gasteiger partial charge < -0.3 is 10.1 Å². The van der Waals surface area contributed by atoms with Crippen LogP contribution in [0, 0.1) is 0 Å². The first-order valence-electron chi connectivity index (χ1n) is 7.41. The van der Waals surface area contributed by atoms with E-state index < -0.39 is 0 Å². The summed E-state index contributed by atoms with van der Waals surface area (Å²) in [4.78, 5) is 12.6. The summed E-state index contributed by atoms with van der Waals surface area (Å²) in [7, 11) is 1.60. The smallest absolute Gasteiger partial charge is 0.253 e. The molecule has 0 aliphatic heterocycles. The molecule has 1 aliphatic rings. The van der Waals surface area contributed by atoms with Crippen LogP contribution in [0.15, 0.2) is 46.9 Å². The fourth-order valence-corrected chi connectivity index (χ4v) is 3.37. The summed E-state index contributed by atoms with van der Waals surface area (Å²) >= 11 is 3.44. The number of fused-ring (bicyclic) bond motifs is 1. The third kappa shape index (κ3) is 3.02. The average Bonchev–Trinajstić information content (AvgIpc) is 2.55. The lowest BCUT2D eigenvalue weighted by molar-refractivity contribution is 0.0931. The standard InChI is InChI=1S/C18H18BrNO2/c1-22-13-9-10-16(19)15(11-13)18(21)20-17-8-4-6-12-5-2-3-7-14(12)17/h2-3,5,7,9-11,17H,4,6,8H2,1H3,(H,20,21)/t17-/m1/s1. The van der Waals surface area contributed by atoms with Crippen LogP contribution in [0.1, 0.15) is 40.4 Å². The molecule has 3 nitrogen and oxygen atoms in total. The van der Waals surface area contributed by atoms with Crippen LogP contribution in [0.25, 0.3) is 0 Å². The summed E-state index contributed by atoms with van der Waals surface area (Å²) in [5.74, 6) is 0.602. The first-order chi connectivity index (χ1) is 10.7. The van der Waals surface area contributed by atoms with Gasteiger partial charge in [-0.2, -0.15) is 0 Å². The van der Waals surface area contributed by atoms with Gasteiger partial charge in [-0.3, -0.25) is 4.79 Å². The monoisotopic (exact) mass is 359 g/mol. The number of aryl methyl sites for hydroxylation is 1. The molecule has 0 unspecified atom stereocenters. The molecule has 1 aliphatic carbocycles. The van der Waals surface area contributed by atoms with E-state index in [1.807, 2.05) is 18.2 Å². The minimum atomic E-state index is -0.0764. The van der Waals surface area contributed by atoms with Crippen LogP contribution < -0.4 is 10.1 Å². The van der Waals surface area contributed by atoms with Crippen LogP contribution in [0.4, 0.5) is 0 Å². The largest absolute Gasteiger partial charge is 0.497 e. The molecule has 2 aromatic carbocycles. The number of carbonyl (C=O) groups is 1. The topological polar surface area (TPSA) is 38.3 Å².